The number of carbonyl (C=O) groups excluding carboxylic acids is 2. The maximum absolute atomic E-state index is 13.4. The fraction of sp³-hybridized carbons (Fsp3) is 0.364. The van der Waals surface area contributed by atoms with Crippen molar-refractivity contribution in [2.45, 2.75) is 37.9 Å². The van der Waals surface area contributed by atoms with Crippen LogP contribution in [0.15, 0.2) is 47.4 Å². The second kappa shape index (κ2) is 10.2. The number of carbonyl (C=O) groups is 2. The number of nitrogens with zero attached hydrogens (tertiary/aromatic N) is 1. The Bertz CT molecular complexity index is 1110. The van der Waals surface area contributed by atoms with Crippen molar-refractivity contribution in [2.24, 2.45) is 0 Å². The smallest absolute Gasteiger partial charge is 0.309 e. The summed E-state index contributed by atoms with van der Waals surface area (Å²) < 4.78 is 46.4. The Morgan fingerprint density at radius 2 is 1.81 bits per heavy atom. The van der Waals surface area contributed by atoms with Gasteiger partial charge in [-0.3, -0.25) is 9.59 Å². The SMILES string of the molecule is Cc1ccccc1CNC(=O)C(=O)NC[C@H]1OCCCN1S(=O)(=O)c1ccc(F)cc1C. The minimum Gasteiger partial charge on any atom is -0.360 e. The van der Waals surface area contributed by atoms with Gasteiger partial charge in [-0.25, -0.2) is 12.8 Å². The van der Waals surface area contributed by atoms with Gasteiger partial charge in [-0.15, -0.1) is 0 Å². The molecule has 1 fully saturated rings. The third-order valence-corrected chi connectivity index (χ3v) is 7.27. The van der Waals surface area contributed by atoms with Gasteiger partial charge in [0.15, 0.2) is 0 Å². The predicted octanol–water partition coefficient (Wildman–Crippen LogP) is 1.61. The molecule has 0 bridgehead atoms. The fourth-order valence-corrected chi connectivity index (χ4v) is 5.23. The molecule has 0 unspecified atom stereocenters. The normalized spacial score (nSPS) is 17.0. The van der Waals surface area contributed by atoms with Crippen molar-refractivity contribution in [2.75, 3.05) is 19.7 Å². The van der Waals surface area contributed by atoms with E-state index in [1.807, 2.05) is 31.2 Å². The molecule has 8 nitrogen and oxygen atoms in total. The van der Waals surface area contributed by atoms with Crippen molar-refractivity contribution in [3.05, 3.63) is 65.0 Å². The Morgan fingerprint density at radius 3 is 2.53 bits per heavy atom. The van der Waals surface area contributed by atoms with Gasteiger partial charge in [0.1, 0.15) is 12.0 Å². The summed E-state index contributed by atoms with van der Waals surface area (Å²) >= 11 is 0. The van der Waals surface area contributed by atoms with Gasteiger partial charge in [0.25, 0.3) is 0 Å². The number of sulfonamides is 1. The zero-order chi connectivity index (χ0) is 23.3. The van der Waals surface area contributed by atoms with Crippen molar-refractivity contribution >= 4 is 21.8 Å². The van der Waals surface area contributed by atoms with Crippen LogP contribution < -0.4 is 10.6 Å². The van der Waals surface area contributed by atoms with Crippen molar-refractivity contribution in [1.29, 1.82) is 0 Å². The van der Waals surface area contributed by atoms with Gasteiger partial charge in [0.2, 0.25) is 10.0 Å². The van der Waals surface area contributed by atoms with E-state index in [2.05, 4.69) is 10.6 Å². The maximum Gasteiger partial charge on any atom is 0.309 e. The van der Waals surface area contributed by atoms with Crippen LogP contribution >= 0.6 is 0 Å². The number of hydrogen-bond acceptors (Lipinski definition) is 5. The molecule has 2 N–H and O–H groups in total. The van der Waals surface area contributed by atoms with Crippen LogP contribution in [0.25, 0.3) is 0 Å². The number of nitrogens with one attached hydrogen (secondary N) is 2. The van der Waals surface area contributed by atoms with Gasteiger partial charge in [0, 0.05) is 13.1 Å². The van der Waals surface area contributed by atoms with Crippen LogP contribution in [0.5, 0.6) is 0 Å². The van der Waals surface area contributed by atoms with Gasteiger partial charge in [-0.1, -0.05) is 24.3 Å². The molecular formula is C22H26FN3O5S. The first-order valence-corrected chi connectivity index (χ1v) is 11.6. The van der Waals surface area contributed by atoms with E-state index in [9.17, 15) is 22.4 Å². The second-order valence-electron chi connectivity index (χ2n) is 7.52. The zero-order valence-corrected chi connectivity index (χ0v) is 18.7. The molecule has 1 atom stereocenters. The van der Waals surface area contributed by atoms with E-state index >= 15 is 0 Å². The van der Waals surface area contributed by atoms with Gasteiger partial charge >= 0.3 is 11.8 Å². The first-order chi connectivity index (χ1) is 15.2. The highest BCUT2D eigenvalue weighted by Crippen LogP contribution is 2.25. The highest BCUT2D eigenvalue weighted by atomic mass is 32.2. The van der Waals surface area contributed by atoms with Crippen LogP contribution in [0, 0.1) is 19.7 Å². The van der Waals surface area contributed by atoms with Crippen LogP contribution in [-0.2, 0) is 30.9 Å². The molecule has 2 amide bonds. The minimum atomic E-state index is -3.99. The van der Waals surface area contributed by atoms with E-state index in [0.29, 0.717) is 13.0 Å². The second-order valence-corrected chi connectivity index (χ2v) is 9.38. The molecule has 1 aliphatic heterocycles. The summed E-state index contributed by atoms with van der Waals surface area (Å²) in [6.07, 6.45) is -0.507. The van der Waals surface area contributed by atoms with E-state index < -0.39 is 33.9 Å². The average molecular weight is 464 g/mol. The van der Waals surface area contributed by atoms with Crippen molar-refractivity contribution in [1.82, 2.24) is 14.9 Å². The van der Waals surface area contributed by atoms with Gasteiger partial charge < -0.3 is 15.4 Å². The van der Waals surface area contributed by atoms with E-state index in [0.717, 1.165) is 27.6 Å². The lowest BCUT2D eigenvalue weighted by Gasteiger charge is -2.34. The lowest BCUT2D eigenvalue weighted by atomic mass is 10.1. The number of amides is 2. The maximum atomic E-state index is 13.4. The summed E-state index contributed by atoms with van der Waals surface area (Å²) in [5.41, 5.74) is 2.14. The molecule has 0 radical (unpaired) electrons. The predicted molar refractivity (Wildman–Crippen MR) is 115 cm³/mol. The van der Waals surface area contributed by atoms with Gasteiger partial charge in [-0.2, -0.15) is 4.31 Å². The molecule has 1 aliphatic rings. The molecule has 32 heavy (non-hydrogen) atoms. The van der Waals surface area contributed by atoms with Crippen molar-refractivity contribution in [3.63, 3.8) is 0 Å². The summed E-state index contributed by atoms with van der Waals surface area (Å²) in [6.45, 7) is 3.91. The molecule has 0 aromatic heterocycles. The first kappa shape index (κ1) is 23.8. The number of halogens is 1. The number of ether oxygens (including phenoxy) is 1. The lowest BCUT2D eigenvalue weighted by molar-refractivity contribution is -0.140. The number of rotatable bonds is 6. The van der Waals surface area contributed by atoms with Crippen LogP contribution in [0.3, 0.4) is 0 Å². The molecule has 2 aromatic carbocycles. The van der Waals surface area contributed by atoms with E-state index in [-0.39, 0.29) is 30.1 Å². The van der Waals surface area contributed by atoms with Crippen molar-refractivity contribution in [3.8, 4) is 0 Å². The number of hydrogen-bond donors (Lipinski definition) is 2. The minimum absolute atomic E-state index is 0.0308. The Morgan fingerprint density at radius 1 is 1.09 bits per heavy atom. The lowest BCUT2D eigenvalue weighted by Crippen LogP contribution is -2.53. The standard InChI is InChI=1S/C22H26FN3O5S/c1-15-6-3-4-7-17(15)13-24-21(27)22(28)25-14-20-26(10-5-11-31-20)32(29,30)19-9-8-18(23)12-16(19)2/h3-4,6-9,12,20H,5,10-11,13-14H2,1-2H3,(H,24,27)(H,25,28)/t20-/m1/s1. The molecule has 0 spiro atoms. The molecular weight excluding hydrogens is 437 g/mol. The molecule has 10 heteroatoms. The highest BCUT2D eigenvalue weighted by molar-refractivity contribution is 7.89. The summed E-state index contributed by atoms with van der Waals surface area (Å²) in [5, 5.41) is 4.99. The Kier molecular flexibility index (Phi) is 7.60. The van der Waals surface area contributed by atoms with E-state index in [1.54, 1.807) is 0 Å². The van der Waals surface area contributed by atoms with Crippen LogP contribution in [0.1, 0.15) is 23.1 Å². The number of aryl methyl sites for hydroxylation is 2. The third kappa shape index (κ3) is 5.50. The highest BCUT2D eigenvalue weighted by Gasteiger charge is 2.35. The topological polar surface area (TPSA) is 105 Å². The van der Waals surface area contributed by atoms with E-state index in [1.165, 1.54) is 13.0 Å². The van der Waals surface area contributed by atoms with Crippen molar-refractivity contribution < 1.29 is 27.1 Å². The molecule has 1 saturated heterocycles. The quantitative estimate of drug-likeness (QED) is 0.634. The Balaban J connectivity index is 1.63. The van der Waals surface area contributed by atoms with Gasteiger partial charge in [-0.05, 0) is 55.2 Å². The molecule has 3 rings (SSSR count). The summed E-state index contributed by atoms with van der Waals surface area (Å²) in [6, 6.07) is 10.9. The molecule has 172 valence electrons. The first-order valence-electron chi connectivity index (χ1n) is 10.2. The van der Waals surface area contributed by atoms with E-state index in [4.69, 9.17) is 4.74 Å². The monoisotopic (exact) mass is 463 g/mol. The molecule has 0 aliphatic carbocycles. The average Bonchev–Trinajstić information content (AvgIpc) is 2.76. The van der Waals surface area contributed by atoms with Crippen LogP contribution in [0.4, 0.5) is 4.39 Å². The molecule has 1 heterocycles. The van der Waals surface area contributed by atoms with Crippen LogP contribution in [-0.4, -0.2) is 50.5 Å². The summed E-state index contributed by atoms with van der Waals surface area (Å²) in [5.74, 6) is -2.24. The summed E-state index contributed by atoms with van der Waals surface area (Å²) in [4.78, 5) is 24.3. The van der Waals surface area contributed by atoms with Gasteiger partial charge in [0.05, 0.1) is 18.0 Å². The Labute approximate surface area is 186 Å². The zero-order valence-electron chi connectivity index (χ0n) is 17.9. The fourth-order valence-electron chi connectivity index (χ4n) is 3.46. The number of benzene rings is 2. The van der Waals surface area contributed by atoms with Crippen LogP contribution in [0.2, 0.25) is 0 Å². The molecule has 2 aromatic rings. The molecule has 0 saturated carbocycles. The third-order valence-electron chi connectivity index (χ3n) is 5.22. The Hall–Kier alpha value is -2.82. The summed E-state index contributed by atoms with van der Waals surface area (Å²) in [7, 11) is -3.99. The largest absolute Gasteiger partial charge is 0.360 e.